The number of anilines is 1. The van der Waals surface area contributed by atoms with Gasteiger partial charge >= 0.3 is 6.01 Å². The SMILES string of the molecule is CC(C)c1nnc(NC(=O)c2ccc(S(=O)(=O)N3CCC[C@@H](C)C3)cc2)o1. The molecule has 1 aliphatic rings. The summed E-state index contributed by atoms with van der Waals surface area (Å²) >= 11 is 0. The minimum atomic E-state index is -3.54. The Morgan fingerprint density at radius 2 is 1.96 bits per heavy atom. The lowest BCUT2D eigenvalue weighted by molar-refractivity contribution is 0.102. The molecule has 1 aromatic heterocycles. The van der Waals surface area contributed by atoms with Crippen LogP contribution in [0, 0.1) is 5.92 Å². The Labute approximate surface area is 159 Å². The van der Waals surface area contributed by atoms with Gasteiger partial charge in [-0.15, -0.1) is 5.10 Å². The zero-order valence-electron chi connectivity index (χ0n) is 15.7. The van der Waals surface area contributed by atoms with Crippen LogP contribution in [0.4, 0.5) is 6.01 Å². The first-order valence-electron chi connectivity index (χ1n) is 9.02. The summed E-state index contributed by atoms with van der Waals surface area (Å²) in [6, 6.07) is 5.89. The summed E-state index contributed by atoms with van der Waals surface area (Å²) in [6.45, 7) is 6.92. The van der Waals surface area contributed by atoms with Crippen molar-refractivity contribution in [2.24, 2.45) is 5.92 Å². The number of hydrogen-bond donors (Lipinski definition) is 1. The van der Waals surface area contributed by atoms with Crippen molar-refractivity contribution in [1.82, 2.24) is 14.5 Å². The molecule has 2 heterocycles. The van der Waals surface area contributed by atoms with Gasteiger partial charge in [-0.05, 0) is 43.0 Å². The van der Waals surface area contributed by atoms with E-state index in [4.69, 9.17) is 4.42 Å². The van der Waals surface area contributed by atoms with Gasteiger partial charge < -0.3 is 4.42 Å². The van der Waals surface area contributed by atoms with E-state index in [0.29, 0.717) is 30.5 Å². The molecule has 1 atom stereocenters. The lowest BCUT2D eigenvalue weighted by Gasteiger charge is -2.30. The van der Waals surface area contributed by atoms with Crippen LogP contribution in [0.15, 0.2) is 33.6 Å². The van der Waals surface area contributed by atoms with Crippen molar-refractivity contribution < 1.29 is 17.6 Å². The summed E-state index contributed by atoms with van der Waals surface area (Å²) in [6.07, 6.45) is 1.91. The van der Waals surface area contributed by atoms with Gasteiger partial charge in [-0.3, -0.25) is 10.1 Å². The number of benzene rings is 1. The first-order chi connectivity index (χ1) is 12.8. The number of sulfonamides is 1. The minimum Gasteiger partial charge on any atom is -0.408 e. The fourth-order valence-corrected chi connectivity index (χ4v) is 4.58. The topological polar surface area (TPSA) is 105 Å². The number of carbonyl (C=O) groups excluding carboxylic acids is 1. The summed E-state index contributed by atoms with van der Waals surface area (Å²) in [4.78, 5) is 12.5. The van der Waals surface area contributed by atoms with Crippen LogP contribution in [0.1, 0.15) is 55.8 Å². The molecule has 0 unspecified atom stereocenters. The first-order valence-corrected chi connectivity index (χ1v) is 10.5. The Kier molecular flexibility index (Phi) is 5.61. The van der Waals surface area contributed by atoms with Crippen molar-refractivity contribution in [2.45, 2.75) is 44.4 Å². The molecule has 27 heavy (non-hydrogen) atoms. The van der Waals surface area contributed by atoms with E-state index < -0.39 is 15.9 Å². The Bertz CT molecular complexity index is 906. The molecule has 1 aromatic carbocycles. The van der Waals surface area contributed by atoms with E-state index in [1.807, 2.05) is 13.8 Å². The third-order valence-electron chi connectivity index (χ3n) is 4.53. The van der Waals surface area contributed by atoms with Gasteiger partial charge in [0, 0.05) is 24.6 Å². The van der Waals surface area contributed by atoms with E-state index in [9.17, 15) is 13.2 Å². The predicted octanol–water partition coefficient (Wildman–Crippen LogP) is 2.87. The number of aromatic nitrogens is 2. The van der Waals surface area contributed by atoms with Gasteiger partial charge in [0.1, 0.15) is 0 Å². The number of piperidine rings is 1. The zero-order valence-corrected chi connectivity index (χ0v) is 16.5. The Morgan fingerprint density at radius 3 is 2.56 bits per heavy atom. The monoisotopic (exact) mass is 392 g/mol. The molecular weight excluding hydrogens is 368 g/mol. The molecule has 0 saturated carbocycles. The maximum Gasteiger partial charge on any atom is 0.322 e. The lowest BCUT2D eigenvalue weighted by atomic mass is 10.0. The van der Waals surface area contributed by atoms with Crippen LogP contribution in [0.2, 0.25) is 0 Å². The highest BCUT2D eigenvalue weighted by Gasteiger charge is 2.28. The van der Waals surface area contributed by atoms with Crippen molar-refractivity contribution in [1.29, 1.82) is 0 Å². The van der Waals surface area contributed by atoms with E-state index in [1.165, 1.54) is 28.6 Å². The summed E-state index contributed by atoms with van der Waals surface area (Å²) in [7, 11) is -3.54. The van der Waals surface area contributed by atoms with Crippen LogP contribution in [0.25, 0.3) is 0 Å². The molecule has 8 nitrogen and oxygen atoms in total. The van der Waals surface area contributed by atoms with E-state index in [0.717, 1.165) is 12.8 Å². The zero-order chi connectivity index (χ0) is 19.6. The molecule has 0 radical (unpaired) electrons. The van der Waals surface area contributed by atoms with Crippen LogP contribution < -0.4 is 5.32 Å². The van der Waals surface area contributed by atoms with Gasteiger partial charge in [-0.2, -0.15) is 4.31 Å². The molecule has 146 valence electrons. The molecular formula is C18H24N4O4S. The highest BCUT2D eigenvalue weighted by atomic mass is 32.2. The molecule has 0 spiro atoms. The Balaban J connectivity index is 1.71. The quantitative estimate of drug-likeness (QED) is 0.839. The van der Waals surface area contributed by atoms with Crippen LogP contribution in [0.3, 0.4) is 0 Å². The second-order valence-corrected chi connectivity index (χ2v) is 9.13. The Morgan fingerprint density at radius 1 is 1.26 bits per heavy atom. The summed E-state index contributed by atoms with van der Waals surface area (Å²) in [5.74, 6) is 0.404. The molecule has 0 aliphatic carbocycles. The number of carbonyl (C=O) groups is 1. The van der Waals surface area contributed by atoms with E-state index in [1.54, 1.807) is 0 Å². The number of amides is 1. The normalized spacial score (nSPS) is 18.6. The van der Waals surface area contributed by atoms with Crippen molar-refractivity contribution in [3.8, 4) is 0 Å². The molecule has 3 rings (SSSR count). The van der Waals surface area contributed by atoms with E-state index in [-0.39, 0.29) is 16.8 Å². The molecule has 1 fully saturated rings. The predicted molar refractivity (Wildman–Crippen MR) is 99.9 cm³/mol. The fourth-order valence-electron chi connectivity index (χ4n) is 2.98. The number of hydrogen-bond acceptors (Lipinski definition) is 6. The minimum absolute atomic E-state index is 0.0164. The molecule has 1 N–H and O–H groups in total. The van der Waals surface area contributed by atoms with Gasteiger partial charge in [-0.25, -0.2) is 8.42 Å². The van der Waals surface area contributed by atoms with Crippen molar-refractivity contribution in [2.75, 3.05) is 18.4 Å². The van der Waals surface area contributed by atoms with Crippen molar-refractivity contribution >= 4 is 21.9 Å². The standard InChI is InChI=1S/C18H24N4O4S/c1-12(2)17-20-21-18(26-17)19-16(23)14-6-8-15(9-7-14)27(24,25)22-10-4-5-13(3)11-22/h6-9,12-13H,4-5,10-11H2,1-3H3,(H,19,21,23)/t13-/m1/s1. The molecule has 1 saturated heterocycles. The smallest absolute Gasteiger partial charge is 0.322 e. The van der Waals surface area contributed by atoms with Gasteiger partial charge in [0.15, 0.2) is 0 Å². The van der Waals surface area contributed by atoms with Crippen molar-refractivity contribution in [3.05, 3.63) is 35.7 Å². The van der Waals surface area contributed by atoms with Crippen molar-refractivity contribution in [3.63, 3.8) is 0 Å². The van der Waals surface area contributed by atoms with Crippen LogP contribution in [-0.2, 0) is 10.0 Å². The van der Waals surface area contributed by atoms with E-state index >= 15 is 0 Å². The molecule has 9 heteroatoms. The van der Waals surface area contributed by atoms with Gasteiger partial charge in [0.25, 0.3) is 5.91 Å². The van der Waals surface area contributed by atoms with Gasteiger partial charge in [0.05, 0.1) is 4.90 Å². The van der Waals surface area contributed by atoms with Crippen LogP contribution in [0.5, 0.6) is 0 Å². The molecule has 0 bridgehead atoms. The molecule has 2 aromatic rings. The Hall–Kier alpha value is -2.26. The molecule has 1 amide bonds. The average molecular weight is 392 g/mol. The van der Waals surface area contributed by atoms with Gasteiger partial charge in [0.2, 0.25) is 15.9 Å². The van der Waals surface area contributed by atoms with Crippen LogP contribution >= 0.6 is 0 Å². The maximum atomic E-state index is 12.8. The highest BCUT2D eigenvalue weighted by Crippen LogP contribution is 2.24. The van der Waals surface area contributed by atoms with Gasteiger partial charge in [-0.1, -0.05) is 25.9 Å². The highest BCUT2D eigenvalue weighted by molar-refractivity contribution is 7.89. The van der Waals surface area contributed by atoms with E-state index in [2.05, 4.69) is 22.4 Å². The second-order valence-electron chi connectivity index (χ2n) is 7.19. The largest absolute Gasteiger partial charge is 0.408 e. The number of nitrogens with one attached hydrogen (secondary N) is 1. The molecule has 1 aliphatic heterocycles. The first kappa shape index (κ1) is 19.5. The fraction of sp³-hybridized carbons (Fsp3) is 0.500. The number of nitrogens with zero attached hydrogens (tertiary/aromatic N) is 3. The summed E-state index contributed by atoms with van der Waals surface area (Å²) in [5, 5.41) is 10.1. The summed E-state index contributed by atoms with van der Waals surface area (Å²) < 4.78 is 32.4. The third kappa shape index (κ3) is 4.36. The lowest BCUT2D eigenvalue weighted by Crippen LogP contribution is -2.39. The average Bonchev–Trinajstić information content (AvgIpc) is 3.10. The second kappa shape index (κ2) is 7.77. The maximum absolute atomic E-state index is 12.8. The summed E-state index contributed by atoms with van der Waals surface area (Å²) in [5.41, 5.74) is 0.310. The van der Waals surface area contributed by atoms with Crippen LogP contribution in [-0.4, -0.2) is 41.9 Å². The third-order valence-corrected chi connectivity index (χ3v) is 6.41. The number of rotatable bonds is 5.